The lowest BCUT2D eigenvalue weighted by Crippen LogP contribution is -2.29. The molecule has 3 heteroatoms. The SMILES string of the molecule is CCC(CC)CN1CCC(F)(F)C1. The van der Waals surface area contributed by atoms with Crippen molar-refractivity contribution in [2.45, 2.75) is 39.0 Å². The number of hydrogen-bond acceptors (Lipinski definition) is 1. The highest BCUT2D eigenvalue weighted by Crippen LogP contribution is 2.27. The molecule has 0 bridgehead atoms. The van der Waals surface area contributed by atoms with E-state index in [-0.39, 0.29) is 13.0 Å². The molecule has 1 heterocycles. The number of hydrogen-bond donors (Lipinski definition) is 0. The Morgan fingerprint density at radius 2 is 1.92 bits per heavy atom. The van der Waals surface area contributed by atoms with Gasteiger partial charge in [0.05, 0.1) is 6.54 Å². The number of nitrogens with zero attached hydrogens (tertiary/aromatic N) is 1. The third kappa shape index (κ3) is 3.22. The predicted molar refractivity (Wildman–Crippen MR) is 50.1 cm³/mol. The van der Waals surface area contributed by atoms with Crippen molar-refractivity contribution in [2.75, 3.05) is 19.6 Å². The smallest absolute Gasteiger partial charge is 0.261 e. The Labute approximate surface area is 79.1 Å². The van der Waals surface area contributed by atoms with E-state index in [4.69, 9.17) is 0 Å². The standard InChI is InChI=1S/C10H19F2N/c1-3-9(4-2)7-13-6-5-10(11,12)8-13/h9H,3-8H2,1-2H3. The topological polar surface area (TPSA) is 3.24 Å². The molecule has 1 saturated heterocycles. The Kier molecular flexibility index (Phi) is 3.65. The van der Waals surface area contributed by atoms with Crippen molar-refractivity contribution >= 4 is 0 Å². The zero-order chi connectivity index (χ0) is 9.90. The molecular weight excluding hydrogens is 172 g/mol. The van der Waals surface area contributed by atoms with E-state index < -0.39 is 5.92 Å². The summed E-state index contributed by atoms with van der Waals surface area (Å²) in [5.74, 6) is -1.83. The van der Waals surface area contributed by atoms with Gasteiger partial charge >= 0.3 is 0 Å². The maximum absolute atomic E-state index is 12.8. The van der Waals surface area contributed by atoms with Crippen molar-refractivity contribution in [2.24, 2.45) is 5.92 Å². The molecule has 0 aromatic heterocycles. The molecule has 0 radical (unpaired) electrons. The molecule has 0 aromatic rings. The van der Waals surface area contributed by atoms with Crippen LogP contribution in [-0.2, 0) is 0 Å². The van der Waals surface area contributed by atoms with Gasteiger partial charge in [0.1, 0.15) is 0 Å². The van der Waals surface area contributed by atoms with Crippen LogP contribution in [-0.4, -0.2) is 30.5 Å². The normalized spacial score (nSPS) is 22.8. The van der Waals surface area contributed by atoms with E-state index in [2.05, 4.69) is 13.8 Å². The fraction of sp³-hybridized carbons (Fsp3) is 1.00. The average Bonchev–Trinajstić information content (AvgIpc) is 2.41. The summed E-state index contributed by atoms with van der Waals surface area (Å²) in [5, 5.41) is 0. The molecule has 78 valence electrons. The second-order valence-corrected chi connectivity index (χ2v) is 4.02. The molecule has 1 rings (SSSR count). The van der Waals surface area contributed by atoms with E-state index in [0.717, 1.165) is 19.4 Å². The van der Waals surface area contributed by atoms with E-state index >= 15 is 0 Å². The zero-order valence-corrected chi connectivity index (χ0v) is 8.52. The van der Waals surface area contributed by atoms with Crippen LogP contribution in [0, 0.1) is 5.92 Å². The maximum atomic E-state index is 12.8. The minimum atomic E-state index is -2.42. The predicted octanol–water partition coefficient (Wildman–Crippen LogP) is 2.76. The molecule has 0 aromatic carbocycles. The molecule has 0 spiro atoms. The van der Waals surface area contributed by atoms with Gasteiger partial charge in [-0.3, -0.25) is 4.90 Å². The van der Waals surface area contributed by atoms with E-state index in [0.29, 0.717) is 12.5 Å². The second kappa shape index (κ2) is 4.36. The van der Waals surface area contributed by atoms with Gasteiger partial charge < -0.3 is 0 Å². The summed E-state index contributed by atoms with van der Waals surface area (Å²) in [6.07, 6.45) is 2.24. The summed E-state index contributed by atoms with van der Waals surface area (Å²) in [5.41, 5.74) is 0. The number of alkyl halides is 2. The largest absolute Gasteiger partial charge is 0.297 e. The van der Waals surface area contributed by atoms with Crippen molar-refractivity contribution in [1.82, 2.24) is 4.90 Å². The minimum absolute atomic E-state index is 0.0243. The number of halogens is 2. The number of likely N-dealkylation sites (tertiary alicyclic amines) is 1. The Hall–Kier alpha value is -0.180. The Morgan fingerprint density at radius 1 is 1.31 bits per heavy atom. The highest BCUT2D eigenvalue weighted by Gasteiger charge is 2.38. The quantitative estimate of drug-likeness (QED) is 0.660. The Balaban J connectivity index is 2.31. The van der Waals surface area contributed by atoms with Crippen LogP contribution in [0.3, 0.4) is 0 Å². The van der Waals surface area contributed by atoms with Crippen molar-refractivity contribution in [3.63, 3.8) is 0 Å². The minimum Gasteiger partial charge on any atom is -0.297 e. The van der Waals surface area contributed by atoms with E-state index in [1.165, 1.54) is 0 Å². The van der Waals surface area contributed by atoms with Gasteiger partial charge in [0.15, 0.2) is 0 Å². The first-order valence-corrected chi connectivity index (χ1v) is 5.17. The van der Waals surface area contributed by atoms with Crippen LogP contribution in [0.1, 0.15) is 33.1 Å². The average molecular weight is 191 g/mol. The first-order chi connectivity index (χ1) is 6.07. The molecule has 0 atom stereocenters. The van der Waals surface area contributed by atoms with Crippen molar-refractivity contribution in [3.05, 3.63) is 0 Å². The maximum Gasteiger partial charge on any atom is 0.261 e. The fourth-order valence-electron chi connectivity index (χ4n) is 1.87. The van der Waals surface area contributed by atoms with Crippen LogP contribution in [0.25, 0.3) is 0 Å². The molecule has 0 unspecified atom stereocenters. The summed E-state index contributed by atoms with van der Waals surface area (Å²) in [6.45, 7) is 5.65. The third-order valence-electron chi connectivity index (χ3n) is 2.92. The number of rotatable bonds is 4. The van der Waals surface area contributed by atoms with Gasteiger partial charge in [0, 0.05) is 19.5 Å². The first-order valence-electron chi connectivity index (χ1n) is 5.17. The van der Waals surface area contributed by atoms with E-state index in [1.54, 1.807) is 0 Å². The van der Waals surface area contributed by atoms with Crippen LogP contribution in [0.2, 0.25) is 0 Å². The monoisotopic (exact) mass is 191 g/mol. The third-order valence-corrected chi connectivity index (χ3v) is 2.92. The summed E-state index contributed by atoms with van der Waals surface area (Å²) >= 11 is 0. The van der Waals surface area contributed by atoms with Gasteiger partial charge in [-0.1, -0.05) is 26.7 Å². The van der Waals surface area contributed by atoms with Crippen LogP contribution in [0.15, 0.2) is 0 Å². The lowest BCUT2D eigenvalue weighted by molar-refractivity contribution is 0.0107. The van der Waals surface area contributed by atoms with Gasteiger partial charge in [-0.25, -0.2) is 8.78 Å². The molecule has 0 aliphatic carbocycles. The lowest BCUT2D eigenvalue weighted by Gasteiger charge is -2.21. The van der Waals surface area contributed by atoms with Crippen molar-refractivity contribution in [3.8, 4) is 0 Å². The second-order valence-electron chi connectivity index (χ2n) is 4.02. The van der Waals surface area contributed by atoms with Crippen molar-refractivity contribution < 1.29 is 8.78 Å². The summed E-state index contributed by atoms with van der Waals surface area (Å²) < 4.78 is 25.6. The molecule has 1 aliphatic rings. The van der Waals surface area contributed by atoms with Gasteiger partial charge in [0.2, 0.25) is 0 Å². The molecule has 0 N–H and O–H groups in total. The molecule has 13 heavy (non-hydrogen) atoms. The summed E-state index contributed by atoms with van der Waals surface area (Å²) in [6, 6.07) is 0. The Bertz CT molecular complexity index is 155. The van der Waals surface area contributed by atoms with E-state index in [1.807, 2.05) is 4.90 Å². The summed E-state index contributed by atoms with van der Waals surface area (Å²) in [7, 11) is 0. The molecular formula is C10H19F2N. The zero-order valence-electron chi connectivity index (χ0n) is 8.52. The van der Waals surface area contributed by atoms with Gasteiger partial charge in [-0.05, 0) is 5.92 Å². The van der Waals surface area contributed by atoms with Gasteiger partial charge in [0.25, 0.3) is 5.92 Å². The summed E-state index contributed by atoms with van der Waals surface area (Å²) in [4.78, 5) is 1.90. The highest BCUT2D eigenvalue weighted by molar-refractivity contribution is 4.82. The molecule has 1 nitrogen and oxygen atoms in total. The molecule has 0 saturated carbocycles. The highest BCUT2D eigenvalue weighted by atomic mass is 19.3. The molecule has 1 fully saturated rings. The van der Waals surface area contributed by atoms with Crippen molar-refractivity contribution in [1.29, 1.82) is 0 Å². The fourth-order valence-corrected chi connectivity index (χ4v) is 1.87. The lowest BCUT2D eigenvalue weighted by atomic mass is 10.0. The van der Waals surface area contributed by atoms with Crippen LogP contribution in [0.4, 0.5) is 8.78 Å². The van der Waals surface area contributed by atoms with Crippen LogP contribution in [0.5, 0.6) is 0 Å². The first kappa shape index (κ1) is 10.9. The van der Waals surface area contributed by atoms with Crippen LogP contribution < -0.4 is 0 Å². The van der Waals surface area contributed by atoms with Gasteiger partial charge in [-0.2, -0.15) is 0 Å². The van der Waals surface area contributed by atoms with Gasteiger partial charge in [-0.15, -0.1) is 0 Å². The van der Waals surface area contributed by atoms with E-state index in [9.17, 15) is 8.78 Å². The molecule has 0 amide bonds. The van der Waals surface area contributed by atoms with Crippen LogP contribution >= 0.6 is 0 Å². The Morgan fingerprint density at radius 3 is 2.31 bits per heavy atom. The molecule has 1 aliphatic heterocycles.